The predicted octanol–water partition coefficient (Wildman–Crippen LogP) is 2.33. The van der Waals surface area contributed by atoms with E-state index in [4.69, 9.17) is 4.74 Å². The molecule has 4 heteroatoms. The number of carbonyl (C=O) groups is 1. The highest BCUT2D eigenvalue weighted by molar-refractivity contribution is 5.76. The molecule has 0 radical (unpaired) electrons. The van der Waals surface area contributed by atoms with Crippen LogP contribution in [0.15, 0.2) is 24.3 Å². The van der Waals surface area contributed by atoms with Crippen molar-refractivity contribution < 1.29 is 9.53 Å². The van der Waals surface area contributed by atoms with Crippen molar-refractivity contribution in [3.8, 4) is 0 Å². The molecule has 110 valence electrons. The van der Waals surface area contributed by atoms with Gasteiger partial charge in [-0.1, -0.05) is 31.5 Å². The molecule has 20 heavy (non-hydrogen) atoms. The summed E-state index contributed by atoms with van der Waals surface area (Å²) < 4.78 is 5.28. The van der Waals surface area contributed by atoms with Crippen LogP contribution in [0.3, 0.4) is 0 Å². The number of esters is 1. The first kappa shape index (κ1) is 14.9. The number of hydrogen-bond acceptors (Lipinski definition) is 4. The molecular formula is C16H24N2O2. The number of hydrogen-bond donors (Lipinski definition) is 1. The van der Waals surface area contributed by atoms with Crippen molar-refractivity contribution in [1.29, 1.82) is 0 Å². The molecule has 0 spiro atoms. The molecule has 1 aliphatic rings. The van der Waals surface area contributed by atoms with Crippen LogP contribution in [0.4, 0.5) is 5.69 Å². The van der Waals surface area contributed by atoms with Gasteiger partial charge in [-0.15, -0.1) is 0 Å². The summed E-state index contributed by atoms with van der Waals surface area (Å²) in [7, 11) is 0. The Bertz CT molecular complexity index is 448. The smallest absolute Gasteiger partial charge is 0.325 e. The van der Waals surface area contributed by atoms with Crippen LogP contribution in [0, 0.1) is 0 Å². The molecule has 2 rings (SSSR count). The molecular weight excluding hydrogens is 252 g/mol. The third-order valence-corrected chi connectivity index (χ3v) is 3.55. The third kappa shape index (κ3) is 3.97. The van der Waals surface area contributed by atoms with Crippen LogP contribution in [-0.2, 0) is 16.1 Å². The first-order chi connectivity index (χ1) is 9.70. The molecule has 0 saturated heterocycles. The van der Waals surface area contributed by atoms with Crippen LogP contribution < -0.4 is 10.2 Å². The van der Waals surface area contributed by atoms with Crippen LogP contribution in [0.25, 0.3) is 0 Å². The fraction of sp³-hybridized carbons (Fsp3) is 0.562. The second-order valence-corrected chi connectivity index (χ2v) is 5.37. The summed E-state index contributed by atoms with van der Waals surface area (Å²) in [5.74, 6) is -0.137. The molecule has 1 unspecified atom stereocenters. The summed E-state index contributed by atoms with van der Waals surface area (Å²) in [6.07, 6.45) is 1.97. The van der Waals surface area contributed by atoms with Gasteiger partial charge in [0.05, 0.1) is 6.61 Å². The van der Waals surface area contributed by atoms with E-state index in [1.807, 2.05) is 12.1 Å². The molecule has 1 aromatic rings. The van der Waals surface area contributed by atoms with Crippen molar-refractivity contribution >= 4 is 11.7 Å². The van der Waals surface area contributed by atoms with Gasteiger partial charge in [0.25, 0.3) is 0 Å². The highest BCUT2D eigenvalue weighted by atomic mass is 16.5. The van der Waals surface area contributed by atoms with Crippen LogP contribution in [-0.4, -0.2) is 31.7 Å². The Morgan fingerprint density at radius 1 is 1.45 bits per heavy atom. The van der Waals surface area contributed by atoms with Gasteiger partial charge in [-0.25, -0.2) is 0 Å². The second kappa shape index (κ2) is 7.29. The van der Waals surface area contributed by atoms with Crippen molar-refractivity contribution in [3.63, 3.8) is 0 Å². The highest BCUT2D eigenvalue weighted by Crippen LogP contribution is 2.23. The number of carbonyl (C=O) groups excluding carboxylic acids is 1. The Morgan fingerprint density at radius 2 is 2.25 bits per heavy atom. The number of para-hydroxylation sites is 1. The van der Waals surface area contributed by atoms with E-state index in [0.29, 0.717) is 19.2 Å². The number of fused-ring (bicyclic) bond motifs is 1. The van der Waals surface area contributed by atoms with E-state index in [1.165, 1.54) is 5.56 Å². The first-order valence-electron chi connectivity index (χ1n) is 7.42. The minimum absolute atomic E-state index is 0.137. The van der Waals surface area contributed by atoms with Gasteiger partial charge in [0.2, 0.25) is 0 Å². The van der Waals surface area contributed by atoms with Crippen molar-refractivity contribution in [2.24, 2.45) is 0 Å². The van der Waals surface area contributed by atoms with Gasteiger partial charge in [-0.3, -0.25) is 4.79 Å². The van der Waals surface area contributed by atoms with E-state index in [9.17, 15) is 4.79 Å². The normalized spacial score (nSPS) is 18.3. The van der Waals surface area contributed by atoms with Gasteiger partial charge in [-0.05, 0) is 25.0 Å². The molecule has 0 fully saturated rings. The van der Waals surface area contributed by atoms with Crippen LogP contribution in [0.5, 0.6) is 0 Å². The lowest BCUT2D eigenvalue weighted by atomic mass is 10.1. The van der Waals surface area contributed by atoms with Crippen molar-refractivity contribution in [1.82, 2.24) is 5.32 Å². The van der Waals surface area contributed by atoms with Crippen LogP contribution in [0.1, 0.15) is 32.3 Å². The van der Waals surface area contributed by atoms with Gasteiger partial charge >= 0.3 is 5.97 Å². The molecule has 0 aromatic heterocycles. The van der Waals surface area contributed by atoms with Gasteiger partial charge in [-0.2, -0.15) is 0 Å². The Balaban J connectivity index is 2.03. The number of unbranched alkanes of at least 4 members (excludes halogenated alkanes) is 1. The number of benzene rings is 1. The molecule has 4 nitrogen and oxygen atoms in total. The van der Waals surface area contributed by atoms with E-state index < -0.39 is 0 Å². The minimum Gasteiger partial charge on any atom is -0.464 e. The average molecular weight is 276 g/mol. The molecule has 1 atom stereocenters. The van der Waals surface area contributed by atoms with E-state index >= 15 is 0 Å². The Hall–Kier alpha value is -1.55. The summed E-state index contributed by atoms with van der Waals surface area (Å²) in [4.78, 5) is 14.0. The maximum Gasteiger partial charge on any atom is 0.325 e. The Kier molecular flexibility index (Phi) is 5.41. The van der Waals surface area contributed by atoms with Crippen molar-refractivity contribution in [3.05, 3.63) is 29.8 Å². The number of nitrogens with zero attached hydrogens (tertiary/aromatic N) is 1. The molecule has 0 bridgehead atoms. The lowest BCUT2D eigenvalue weighted by molar-refractivity contribution is -0.142. The topological polar surface area (TPSA) is 41.6 Å². The molecule has 1 N–H and O–H groups in total. The van der Waals surface area contributed by atoms with Crippen molar-refractivity contribution in [2.75, 3.05) is 24.6 Å². The second-order valence-electron chi connectivity index (χ2n) is 5.37. The number of ether oxygens (including phenoxy) is 1. The van der Waals surface area contributed by atoms with Gasteiger partial charge in [0.15, 0.2) is 0 Å². The Labute approximate surface area is 121 Å². The largest absolute Gasteiger partial charge is 0.464 e. The summed E-state index contributed by atoms with van der Waals surface area (Å²) in [5, 5.41) is 3.46. The summed E-state index contributed by atoms with van der Waals surface area (Å²) in [6, 6.07) is 8.59. The maximum absolute atomic E-state index is 11.9. The first-order valence-corrected chi connectivity index (χ1v) is 7.42. The van der Waals surface area contributed by atoms with Gasteiger partial charge < -0.3 is 15.0 Å². The Morgan fingerprint density at radius 3 is 3.05 bits per heavy atom. The SMILES string of the molecule is CCCCOC(=O)CN1CC(C)NCc2ccccc21. The maximum atomic E-state index is 11.9. The fourth-order valence-corrected chi connectivity index (χ4v) is 2.43. The lowest BCUT2D eigenvalue weighted by Gasteiger charge is -2.25. The minimum atomic E-state index is -0.137. The number of anilines is 1. The molecule has 0 saturated carbocycles. The van der Waals surface area contributed by atoms with Gasteiger partial charge in [0, 0.05) is 24.8 Å². The third-order valence-electron chi connectivity index (χ3n) is 3.55. The fourth-order valence-electron chi connectivity index (χ4n) is 2.43. The summed E-state index contributed by atoms with van der Waals surface area (Å²) >= 11 is 0. The predicted molar refractivity (Wildman–Crippen MR) is 80.8 cm³/mol. The monoisotopic (exact) mass is 276 g/mol. The molecule has 0 aliphatic carbocycles. The summed E-state index contributed by atoms with van der Waals surface area (Å²) in [6.45, 7) is 6.75. The molecule has 1 aliphatic heterocycles. The van der Waals surface area contributed by atoms with Crippen molar-refractivity contribution in [2.45, 2.75) is 39.3 Å². The van der Waals surface area contributed by atoms with Crippen LogP contribution in [0.2, 0.25) is 0 Å². The summed E-state index contributed by atoms with van der Waals surface area (Å²) in [5.41, 5.74) is 2.37. The van der Waals surface area contributed by atoms with E-state index in [-0.39, 0.29) is 5.97 Å². The zero-order chi connectivity index (χ0) is 14.4. The molecule has 1 heterocycles. The number of rotatable bonds is 5. The van der Waals surface area contributed by atoms with E-state index in [2.05, 4.69) is 36.2 Å². The standard InChI is InChI=1S/C16H24N2O2/c1-3-4-9-20-16(19)12-18-11-13(2)17-10-14-7-5-6-8-15(14)18/h5-8,13,17H,3-4,9-12H2,1-2H3. The van der Waals surface area contributed by atoms with E-state index in [0.717, 1.165) is 31.6 Å². The van der Waals surface area contributed by atoms with Crippen LogP contribution >= 0.6 is 0 Å². The molecule has 0 amide bonds. The zero-order valence-electron chi connectivity index (χ0n) is 12.4. The number of nitrogens with one attached hydrogen (secondary N) is 1. The lowest BCUT2D eigenvalue weighted by Crippen LogP contribution is -2.39. The zero-order valence-corrected chi connectivity index (χ0v) is 12.4. The highest BCUT2D eigenvalue weighted by Gasteiger charge is 2.21. The average Bonchev–Trinajstić information content (AvgIpc) is 2.59. The van der Waals surface area contributed by atoms with E-state index in [1.54, 1.807) is 0 Å². The quantitative estimate of drug-likeness (QED) is 0.662. The van der Waals surface area contributed by atoms with Gasteiger partial charge in [0.1, 0.15) is 6.54 Å². The molecule has 1 aromatic carbocycles.